The van der Waals surface area contributed by atoms with Gasteiger partial charge in [0, 0.05) is 19.1 Å². The van der Waals surface area contributed by atoms with Gasteiger partial charge in [-0.15, -0.1) is 0 Å². The van der Waals surface area contributed by atoms with Gasteiger partial charge in [-0.05, 0) is 24.1 Å². The molecule has 0 aliphatic carbocycles. The van der Waals surface area contributed by atoms with E-state index in [4.69, 9.17) is 0 Å². The summed E-state index contributed by atoms with van der Waals surface area (Å²) in [6.45, 7) is 3.12. The van der Waals surface area contributed by atoms with Crippen LogP contribution in [0.3, 0.4) is 0 Å². The first-order chi connectivity index (χ1) is 9.86. The number of hydrogen-bond donors (Lipinski definition) is 3. The molecule has 0 amide bonds. The molecule has 0 aliphatic rings. The third-order valence-electron chi connectivity index (χ3n) is 3.07. The maximum atomic E-state index is 11.7. The van der Waals surface area contributed by atoms with Gasteiger partial charge in [-0.3, -0.25) is 9.59 Å². The number of aliphatic hydroxyl groups is 2. The summed E-state index contributed by atoms with van der Waals surface area (Å²) in [6.07, 6.45) is -1.71. The summed E-state index contributed by atoms with van der Waals surface area (Å²) < 4.78 is 0. The number of hydrogen-bond acceptors (Lipinski definition) is 6. The summed E-state index contributed by atoms with van der Waals surface area (Å²) in [5, 5.41) is 29.6. The van der Waals surface area contributed by atoms with Crippen molar-refractivity contribution in [2.45, 2.75) is 38.9 Å². The Hall–Kier alpha value is -1.37. The Bertz CT molecular complexity index is 515. The molecule has 0 saturated carbocycles. The number of rotatable bonds is 7. The van der Waals surface area contributed by atoms with Crippen LogP contribution in [0.15, 0.2) is 18.2 Å². The molecule has 1 aromatic carbocycles. The molecule has 0 radical (unpaired) electrons. The van der Waals surface area contributed by atoms with Gasteiger partial charge in [-0.1, -0.05) is 24.8 Å². The van der Waals surface area contributed by atoms with Gasteiger partial charge < -0.3 is 15.3 Å². The molecule has 3 N–H and O–H groups in total. The first-order valence-electron chi connectivity index (χ1n) is 6.72. The third-order valence-corrected chi connectivity index (χ3v) is 3.91. The molecule has 1 aromatic rings. The highest BCUT2D eigenvalue weighted by atomic mass is 32.2. The van der Waals surface area contributed by atoms with Crippen molar-refractivity contribution < 1.29 is 24.9 Å². The van der Waals surface area contributed by atoms with E-state index in [-0.39, 0.29) is 35.1 Å². The highest BCUT2D eigenvalue weighted by Crippen LogP contribution is 2.26. The Morgan fingerprint density at radius 2 is 1.95 bits per heavy atom. The predicted octanol–water partition coefficient (Wildman–Crippen LogP) is 2.05. The van der Waals surface area contributed by atoms with E-state index >= 15 is 0 Å². The van der Waals surface area contributed by atoms with Gasteiger partial charge in [0.15, 0.2) is 10.9 Å². The summed E-state index contributed by atoms with van der Waals surface area (Å²) >= 11 is 1.08. The Kier molecular flexibility index (Phi) is 6.87. The largest absolute Gasteiger partial charge is 0.507 e. The van der Waals surface area contributed by atoms with Gasteiger partial charge in [-0.2, -0.15) is 0 Å². The normalized spacial score (nSPS) is 13.7. The Morgan fingerprint density at radius 3 is 2.52 bits per heavy atom. The molecular formula is C15H20O5S. The number of phenolic OH excluding ortho intramolecular Hbond substituents is 1. The Balaban J connectivity index is 2.79. The summed E-state index contributed by atoms with van der Waals surface area (Å²) in [4.78, 5) is 22.5. The van der Waals surface area contributed by atoms with Crippen molar-refractivity contribution in [2.24, 2.45) is 0 Å². The van der Waals surface area contributed by atoms with Crippen molar-refractivity contribution in [3.63, 3.8) is 0 Å². The molecule has 0 heterocycles. The van der Waals surface area contributed by atoms with Crippen LogP contribution in [0.4, 0.5) is 0 Å². The van der Waals surface area contributed by atoms with Gasteiger partial charge in [0.05, 0.1) is 11.7 Å². The maximum absolute atomic E-state index is 11.7. The van der Waals surface area contributed by atoms with Crippen LogP contribution in [0, 0.1) is 0 Å². The number of thioether (sulfide) groups is 1. The van der Waals surface area contributed by atoms with Gasteiger partial charge in [0.2, 0.25) is 0 Å². The van der Waals surface area contributed by atoms with E-state index in [1.54, 1.807) is 6.92 Å². The first kappa shape index (κ1) is 17.7. The number of carbonyl (C=O) groups is 2. The minimum Gasteiger partial charge on any atom is -0.507 e. The fourth-order valence-electron chi connectivity index (χ4n) is 1.85. The van der Waals surface area contributed by atoms with Crippen LogP contribution in [-0.2, 0) is 4.79 Å². The molecule has 0 aliphatic heterocycles. The fraction of sp³-hybridized carbons (Fsp3) is 0.467. The van der Waals surface area contributed by atoms with Gasteiger partial charge in [0.25, 0.3) is 0 Å². The molecule has 0 fully saturated rings. The average molecular weight is 312 g/mol. The van der Waals surface area contributed by atoms with Gasteiger partial charge in [-0.25, -0.2) is 0 Å². The van der Waals surface area contributed by atoms with E-state index in [1.165, 1.54) is 25.1 Å². The maximum Gasteiger partial charge on any atom is 0.185 e. The predicted molar refractivity (Wildman–Crippen MR) is 81.5 cm³/mol. The minimum atomic E-state index is -1.17. The topological polar surface area (TPSA) is 94.8 Å². The van der Waals surface area contributed by atoms with E-state index in [0.29, 0.717) is 11.3 Å². The van der Waals surface area contributed by atoms with Crippen molar-refractivity contribution in [1.82, 2.24) is 0 Å². The Labute approximate surface area is 128 Å². The highest BCUT2D eigenvalue weighted by Gasteiger charge is 2.20. The second-order valence-corrected chi connectivity index (χ2v) is 5.97. The third kappa shape index (κ3) is 5.15. The summed E-state index contributed by atoms with van der Waals surface area (Å²) in [5.41, 5.74) is 0.504. The number of benzene rings is 1. The van der Waals surface area contributed by atoms with E-state index in [1.807, 2.05) is 0 Å². The number of ketones is 1. The quantitative estimate of drug-likeness (QED) is 0.667. The Morgan fingerprint density at radius 1 is 1.29 bits per heavy atom. The SMILES string of the molecule is CCC(=O)c1cc(C(O)C(O)CCSC(C)=O)ccc1O. The summed E-state index contributed by atoms with van der Waals surface area (Å²) in [5.74, 6) is 0.0365. The smallest absolute Gasteiger partial charge is 0.185 e. The van der Waals surface area contributed by atoms with Crippen LogP contribution in [0.25, 0.3) is 0 Å². The minimum absolute atomic E-state index is 0.0443. The lowest BCUT2D eigenvalue weighted by atomic mass is 9.98. The molecular weight excluding hydrogens is 292 g/mol. The second kappa shape index (κ2) is 8.17. The second-order valence-electron chi connectivity index (χ2n) is 4.69. The molecule has 2 unspecified atom stereocenters. The monoisotopic (exact) mass is 312 g/mol. The van der Waals surface area contributed by atoms with Gasteiger partial charge >= 0.3 is 0 Å². The van der Waals surface area contributed by atoms with Crippen molar-refractivity contribution in [3.8, 4) is 5.75 Å². The van der Waals surface area contributed by atoms with E-state index in [0.717, 1.165) is 11.8 Å². The molecule has 0 aromatic heterocycles. The molecule has 21 heavy (non-hydrogen) atoms. The van der Waals surface area contributed by atoms with Crippen LogP contribution in [0.5, 0.6) is 5.75 Å². The molecule has 6 heteroatoms. The zero-order chi connectivity index (χ0) is 16.0. The summed E-state index contributed by atoms with van der Waals surface area (Å²) in [7, 11) is 0. The van der Waals surface area contributed by atoms with Crippen LogP contribution >= 0.6 is 11.8 Å². The summed E-state index contributed by atoms with van der Waals surface area (Å²) in [6, 6.07) is 4.19. The van der Waals surface area contributed by atoms with Crippen LogP contribution in [0.2, 0.25) is 0 Å². The number of phenols is 1. The molecule has 0 saturated heterocycles. The lowest BCUT2D eigenvalue weighted by Crippen LogP contribution is -2.19. The first-order valence-corrected chi connectivity index (χ1v) is 7.71. The van der Waals surface area contributed by atoms with Crippen molar-refractivity contribution in [1.29, 1.82) is 0 Å². The molecule has 1 rings (SSSR count). The number of aromatic hydroxyl groups is 1. The number of Topliss-reactive ketones (excluding diaryl/α,β-unsaturated/α-hetero) is 1. The van der Waals surface area contributed by atoms with E-state index < -0.39 is 12.2 Å². The molecule has 0 spiro atoms. The number of carbonyl (C=O) groups excluding carboxylic acids is 2. The molecule has 116 valence electrons. The standard InChI is InChI=1S/C15H20O5S/c1-3-12(17)11-8-10(4-5-13(11)18)15(20)14(19)6-7-21-9(2)16/h4-5,8,14-15,18-20H,3,6-7H2,1-2H3. The fourth-order valence-corrected chi connectivity index (χ4v) is 2.50. The van der Waals surface area contributed by atoms with Crippen molar-refractivity contribution >= 4 is 22.7 Å². The van der Waals surface area contributed by atoms with Crippen LogP contribution < -0.4 is 0 Å². The van der Waals surface area contributed by atoms with Crippen molar-refractivity contribution in [3.05, 3.63) is 29.3 Å². The van der Waals surface area contributed by atoms with Crippen LogP contribution in [0.1, 0.15) is 48.7 Å². The molecule has 2 atom stereocenters. The van der Waals surface area contributed by atoms with Gasteiger partial charge in [0.1, 0.15) is 11.9 Å². The highest BCUT2D eigenvalue weighted by molar-refractivity contribution is 8.13. The lowest BCUT2D eigenvalue weighted by molar-refractivity contribution is -0.109. The van der Waals surface area contributed by atoms with E-state index in [9.17, 15) is 24.9 Å². The molecule has 0 bridgehead atoms. The average Bonchev–Trinajstić information content (AvgIpc) is 2.45. The van der Waals surface area contributed by atoms with Crippen LogP contribution in [-0.4, -0.2) is 38.1 Å². The van der Waals surface area contributed by atoms with Crippen molar-refractivity contribution in [2.75, 3.05) is 5.75 Å². The number of aliphatic hydroxyl groups excluding tert-OH is 2. The lowest BCUT2D eigenvalue weighted by Gasteiger charge is -2.18. The van der Waals surface area contributed by atoms with E-state index in [2.05, 4.69) is 0 Å². The molecule has 5 nitrogen and oxygen atoms in total. The zero-order valence-corrected chi connectivity index (χ0v) is 12.9. The zero-order valence-electron chi connectivity index (χ0n) is 12.1.